The van der Waals surface area contributed by atoms with Crippen molar-refractivity contribution in [3.8, 4) is 0 Å². The molecule has 0 spiro atoms. The standard InChI is InChI=1S/C16H24N4/c1-5-14-10-15(20(6-2)19-14)16(18-17)13-8-11(3)7-12(4)9-13/h7-10,16,18H,5-6,17H2,1-4H3. The SMILES string of the molecule is CCc1cc(C(NN)c2cc(C)cc(C)c2)n(CC)n1. The van der Waals surface area contributed by atoms with E-state index in [-0.39, 0.29) is 6.04 Å². The second kappa shape index (κ2) is 6.20. The van der Waals surface area contributed by atoms with Gasteiger partial charge in [-0.05, 0) is 38.8 Å². The van der Waals surface area contributed by atoms with Crippen molar-refractivity contribution in [3.63, 3.8) is 0 Å². The molecule has 0 aliphatic carbocycles. The summed E-state index contributed by atoms with van der Waals surface area (Å²) >= 11 is 0. The molecular weight excluding hydrogens is 248 g/mol. The highest BCUT2D eigenvalue weighted by Crippen LogP contribution is 2.24. The molecule has 0 saturated heterocycles. The van der Waals surface area contributed by atoms with Gasteiger partial charge in [-0.3, -0.25) is 10.5 Å². The van der Waals surface area contributed by atoms with Gasteiger partial charge in [0.25, 0.3) is 0 Å². The fourth-order valence-corrected chi connectivity index (χ4v) is 2.67. The first-order chi connectivity index (χ1) is 9.58. The summed E-state index contributed by atoms with van der Waals surface area (Å²) in [7, 11) is 0. The largest absolute Gasteiger partial charge is 0.271 e. The molecule has 2 rings (SSSR count). The lowest BCUT2D eigenvalue weighted by Gasteiger charge is -2.18. The molecule has 0 amide bonds. The second-order valence-corrected chi connectivity index (χ2v) is 5.25. The van der Waals surface area contributed by atoms with Crippen LogP contribution in [0.5, 0.6) is 0 Å². The fraction of sp³-hybridized carbons (Fsp3) is 0.438. The van der Waals surface area contributed by atoms with Crippen LogP contribution in [-0.4, -0.2) is 9.78 Å². The Balaban J connectivity index is 2.48. The van der Waals surface area contributed by atoms with E-state index in [1.165, 1.54) is 16.7 Å². The van der Waals surface area contributed by atoms with Gasteiger partial charge < -0.3 is 0 Å². The highest BCUT2D eigenvalue weighted by molar-refractivity contribution is 5.35. The highest BCUT2D eigenvalue weighted by atomic mass is 15.3. The Bertz CT molecular complexity index is 566. The molecule has 0 aliphatic rings. The first-order valence-electron chi connectivity index (χ1n) is 7.20. The van der Waals surface area contributed by atoms with Gasteiger partial charge in [0.05, 0.1) is 17.4 Å². The van der Waals surface area contributed by atoms with Crippen LogP contribution in [-0.2, 0) is 13.0 Å². The third-order valence-electron chi connectivity index (χ3n) is 3.56. The van der Waals surface area contributed by atoms with Crippen LogP contribution in [0.1, 0.15) is 48.0 Å². The zero-order valence-electron chi connectivity index (χ0n) is 12.8. The molecule has 1 unspecified atom stereocenters. The van der Waals surface area contributed by atoms with Gasteiger partial charge in [0.15, 0.2) is 0 Å². The normalized spacial score (nSPS) is 12.7. The van der Waals surface area contributed by atoms with E-state index in [0.717, 1.165) is 24.4 Å². The smallest absolute Gasteiger partial charge is 0.0878 e. The van der Waals surface area contributed by atoms with Crippen LogP contribution in [0.15, 0.2) is 24.3 Å². The maximum Gasteiger partial charge on any atom is 0.0878 e. The molecule has 0 aliphatic heterocycles. The van der Waals surface area contributed by atoms with Crippen molar-refractivity contribution >= 4 is 0 Å². The van der Waals surface area contributed by atoms with Crippen molar-refractivity contribution in [1.29, 1.82) is 0 Å². The molecule has 0 fully saturated rings. The molecule has 20 heavy (non-hydrogen) atoms. The minimum Gasteiger partial charge on any atom is -0.271 e. The van der Waals surface area contributed by atoms with Crippen LogP contribution in [0.4, 0.5) is 0 Å². The third-order valence-corrected chi connectivity index (χ3v) is 3.56. The van der Waals surface area contributed by atoms with E-state index in [9.17, 15) is 0 Å². The summed E-state index contributed by atoms with van der Waals surface area (Å²) in [6, 6.07) is 8.64. The number of hydrogen-bond donors (Lipinski definition) is 2. The number of nitrogens with zero attached hydrogens (tertiary/aromatic N) is 2. The maximum absolute atomic E-state index is 5.82. The molecule has 0 saturated carbocycles. The molecule has 4 nitrogen and oxygen atoms in total. The Labute approximate surface area is 121 Å². The Morgan fingerprint density at radius 3 is 2.30 bits per heavy atom. The Morgan fingerprint density at radius 2 is 1.80 bits per heavy atom. The quantitative estimate of drug-likeness (QED) is 0.650. The van der Waals surface area contributed by atoms with Gasteiger partial charge in [-0.1, -0.05) is 36.2 Å². The van der Waals surface area contributed by atoms with E-state index >= 15 is 0 Å². The molecule has 0 radical (unpaired) electrons. The Morgan fingerprint density at radius 1 is 1.15 bits per heavy atom. The van der Waals surface area contributed by atoms with Crippen molar-refractivity contribution in [2.45, 2.75) is 46.7 Å². The van der Waals surface area contributed by atoms with Gasteiger partial charge in [-0.15, -0.1) is 0 Å². The minimum atomic E-state index is -0.0265. The van der Waals surface area contributed by atoms with E-state index in [2.05, 4.69) is 62.5 Å². The average Bonchev–Trinajstić information content (AvgIpc) is 2.82. The lowest BCUT2D eigenvalue weighted by atomic mass is 9.99. The number of nitrogens with two attached hydrogens (primary N) is 1. The van der Waals surface area contributed by atoms with E-state index in [0.29, 0.717) is 0 Å². The number of aromatic nitrogens is 2. The summed E-state index contributed by atoms with van der Waals surface area (Å²) in [6.45, 7) is 9.29. The van der Waals surface area contributed by atoms with Gasteiger partial charge in [0, 0.05) is 6.54 Å². The molecule has 4 heteroatoms. The van der Waals surface area contributed by atoms with Crippen molar-refractivity contribution in [2.75, 3.05) is 0 Å². The monoisotopic (exact) mass is 272 g/mol. The first-order valence-corrected chi connectivity index (χ1v) is 7.20. The fourth-order valence-electron chi connectivity index (χ4n) is 2.67. The van der Waals surface area contributed by atoms with E-state index < -0.39 is 0 Å². The summed E-state index contributed by atoms with van der Waals surface area (Å²) in [5, 5.41) is 4.61. The topological polar surface area (TPSA) is 55.9 Å². The van der Waals surface area contributed by atoms with Crippen LogP contribution in [0.3, 0.4) is 0 Å². The molecule has 2 aromatic rings. The van der Waals surface area contributed by atoms with Gasteiger partial charge in [-0.25, -0.2) is 5.43 Å². The van der Waals surface area contributed by atoms with Gasteiger partial charge >= 0.3 is 0 Å². The van der Waals surface area contributed by atoms with Crippen LogP contribution < -0.4 is 11.3 Å². The van der Waals surface area contributed by atoms with Gasteiger partial charge in [0.2, 0.25) is 0 Å². The molecule has 0 bridgehead atoms. The Hall–Kier alpha value is -1.65. The van der Waals surface area contributed by atoms with Gasteiger partial charge in [0.1, 0.15) is 0 Å². The lowest BCUT2D eigenvalue weighted by Crippen LogP contribution is -2.30. The number of rotatable bonds is 5. The van der Waals surface area contributed by atoms with Crippen LogP contribution >= 0.6 is 0 Å². The number of benzene rings is 1. The average molecular weight is 272 g/mol. The number of hydrogen-bond acceptors (Lipinski definition) is 3. The van der Waals surface area contributed by atoms with Crippen LogP contribution in [0.25, 0.3) is 0 Å². The van der Waals surface area contributed by atoms with E-state index in [1.807, 2.05) is 4.68 Å². The number of aryl methyl sites for hydroxylation is 4. The summed E-state index contributed by atoms with van der Waals surface area (Å²) in [4.78, 5) is 0. The Kier molecular flexibility index (Phi) is 4.57. The zero-order chi connectivity index (χ0) is 14.7. The predicted octanol–water partition coefficient (Wildman–Crippen LogP) is 2.63. The third kappa shape index (κ3) is 2.92. The summed E-state index contributed by atoms with van der Waals surface area (Å²) in [5.41, 5.74) is 8.85. The van der Waals surface area contributed by atoms with Crippen molar-refractivity contribution in [3.05, 3.63) is 52.3 Å². The summed E-state index contributed by atoms with van der Waals surface area (Å²) in [6.07, 6.45) is 0.935. The minimum absolute atomic E-state index is 0.0265. The molecular formula is C16H24N4. The molecule has 1 heterocycles. The molecule has 108 valence electrons. The van der Waals surface area contributed by atoms with E-state index in [1.54, 1.807) is 0 Å². The maximum atomic E-state index is 5.82. The van der Waals surface area contributed by atoms with Crippen molar-refractivity contribution in [2.24, 2.45) is 5.84 Å². The molecule has 1 aromatic carbocycles. The van der Waals surface area contributed by atoms with Crippen LogP contribution in [0, 0.1) is 13.8 Å². The molecule has 1 atom stereocenters. The first kappa shape index (κ1) is 14.8. The van der Waals surface area contributed by atoms with Gasteiger partial charge in [-0.2, -0.15) is 5.10 Å². The highest BCUT2D eigenvalue weighted by Gasteiger charge is 2.18. The number of nitrogens with one attached hydrogen (secondary N) is 1. The van der Waals surface area contributed by atoms with E-state index in [4.69, 9.17) is 5.84 Å². The van der Waals surface area contributed by atoms with Crippen LogP contribution in [0.2, 0.25) is 0 Å². The van der Waals surface area contributed by atoms with Crippen molar-refractivity contribution in [1.82, 2.24) is 15.2 Å². The second-order valence-electron chi connectivity index (χ2n) is 5.25. The predicted molar refractivity (Wildman–Crippen MR) is 82.4 cm³/mol. The molecule has 1 aromatic heterocycles. The number of hydrazine groups is 1. The lowest BCUT2D eigenvalue weighted by molar-refractivity contribution is 0.541. The van der Waals surface area contributed by atoms with Crippen molar-refractivity contribution < 1.29 is 0 Å². The zero-order valence-corrected chi connectivity index (χ0v) is 12.8. The molecule has 3 N–H and O–H groups in total. The summed E-state index contributed by atoms with van der Waals surface area (Å²) < 4.78 is 2.03. The summed E-state index contributed by atoms with van der Waals surface area (Å²) in [5.74, 6) is 5.82.